The van der Waals surface area contributed by atoms with E-state index in [0.717, 1.165) is 30.7 Å². The van der Waals surface area contributed by atoms with E-state index in [9.17, 15) is 4.39 Å². The highest BCUT2D eigenvalue weighted by Gasteiger charge is 2.23. The first-order chi connectivity index (χ1) is 10.1. The quantitative estimate of drug-likeness (QED) is 0.909. The Labute approximate surface area is 129 Å². The molecule has 112 valence electrons. The van der Waals surface area contributed by atoms with Gasteiger partial charge in [-0.25, -0.2) is 4.39 Å². The molecule has 0 bridgehead atoms. The van der Waals surface area contributed by atoms with E-state index in [1.807, 2.05) is 11.3 Å². The second kappa shape index (κ2) is 6.16. The zero-order valence-corrected chi connectivity index (χ0v) is 13.2. The molecule has 2 aromatic rings. The Bertz CT molecular complexity index is 625. The van der Waals surface area contributed by atoms with Crippen molar-refractivity contribution in [2.45, 2.75) is 38.8 Å². The summed E-state index contributed by atoms with van der Waals surface area (Å²) < 4.78 is 19.0. The Morgan fingerprint density at radius 1 is 1.38 bits per heavy atom. The van der Waals surface area contributed by atoms with Gasteiger partial charge in [-0.05, 0) is 50.6 Å². The van der Waals surface area contributed by atoms with Crippen molar-refractivity contribution in [3.8, 4) is 5.75 Å². The van der Waals surface area contributed by atoms with Crippen LogP contribution in [0.15, 0.2) is 30.3 Å². The molecule has 1 N–H and O–H groups in total. The molecule has 4 heteroatoms. The summed E-state index contributed by atoms with van der Waals surface area (Å²) >= 11 is 1.85. The maximum atomic E-state index is 13.2. The average molecular weight is 305 g/mol. The highest BCUT2D eigenvalue weighted by molar-refractivity contribution is 7.11. The molecule has 1 aliphatic heterocycles. The second-order valence-electron chi connectivity index (χ2n) is 5.72. The van der Waals surface area contributed by atoms with Crippen molar-refractivity contribution in [1.82, 2.24) is 5.32 Å². The van der Waals surface area contributed by atoms with Gasteiger partial charge in [0.25, 0.3) is 0 Å². The number of rotatable bonds is 5. The van der Waals surface area contributed by atoms with Crippen molar-refractivity contribution in [2.24, 2.45) is 0 Å². The smallest absolute Gasteiger partial charge is 0.123 e. The predicted molar refractivity (Wildman–Crippen MR) is 84.7 cm³/mol. The third-order valence-electron chi connectivity index (χ3n) is 3.76. The first-order valence-electron chi connectivity index (χ1n) is 7.34. The minimum Gasteiger partial charge on any atom is -0.488 e. The van der Waals surface area contributed by atoms with Gasteiger partial charge in [0.15, 0.2) is 0 Å². The second-order valence-corrected chi connectivity index (χ2v) is 7.09. The van der Waals surface area contributed by atoms with E-state index in [-0.39, 0.29) is 11.9 Å². The van der Waals surface area contributed by atoms with Crippen LogP contribution in [-0.2, 0) is 12.8 Å². The van der Waals surface area contributed by atoms with E-state index in [4.69, 9.17) is 4.74 Å². The SMILES string of the molecule is Cc1ccc(CC(C)NCC2Cc3cc(F)ccc3O2)s1. The van der Waals surface area contributed by atoms with Crippen LogP contribution in [0.2, 0.25) is 0 Å². The van der Waals surface area contributed by atoms with Crippen LogP contribution >= 0.6 is 11.3 Å². The topological polar surface area (TPSA) is 21.3 Å². The van der Waals surface area contributed by atoms with Gasteiger partial charge in [0.2, 0.25) is 0 Å². The molecule has 1 aromatic heterocycles. The average Bonchev–Trinajstić information content (AvgIpc) is 3.02. The zero-order chi connectivity index (χ0) is 14.8. The van der Waals surface area contributed by atoms with E-state index >= 15 is 0 Å². The number of ether oxygens (including phenoxy) is 1. The Kier molecular flexibility index (Phi) is 4.27. The van der Waals surface area contributed by atoms with Crippen LogP contribution in [0.3, 0.4) is 0 Å². The fourth-order valence-electron chi connectivity index (χ4n) is 2.70. The zero-order valence-electron chi connectivity index (χ0n) is 12.4. The van der Waals surface area contributed by atoms with Crippen molar-refractivity contribution in [2.75, 3.05) is 6.54 Å². The lowest BCUT2D eigenvalue weighted by Crippen LogP contribution is -2.36. The largest absolute Gasteiger partial charge is 0.488 e. The van der Waals surface area contributed by atoms with Gasteiger partial charge in [0, 0.05) is 34.3 Å². The van der Waals surface area contributed by atoms with E-state index < -0.39 is 0 Å². The molecule has 1 aliphatic rings. The normalized spacial score (nSPS) is 18.3. The first-order valence-corrected chi connectivity index (χ1v) is 8.15. The van der Waals surface area contributed by atoms with Crippen molar-refractivity contribution in [3.63, 3.8) is 0 Å². The molecule has 2 nitrogen and oxygen atoms in total. The summed E-state index contributed by atoms with van der Waals surface area (Å²) in [6.07, 6.45) is 1.92. The molecule has 0 spiro atoms. The van der Waals surface area contributed by atoms with E-state index in [2.05, 4.69) is 31.3 Å². The summed E-state index contributed by atoms with van der Waals surface area (Å²) in [5.41, 5.74) is 0.975. The molecule has 3 rings (SSSR count). The lowest BCUT2D eigenvalue weighted by atomic mass is 10.1. The third-order valence-corrected chi connectivity index (χ3v) is 4.78. The molecular weight excluding hydrogens is 285 g/mol. The number of hydrogen-bond donors (Lipinski definition) is 1. The van der Waals surface area contributed by atoms with Gasteiger partial charge in [0.05, 0.1) is 0 Å². The highest BCUT2D eigenvalue weighted by Crippen LogP contribution is 2.29. The van der Waals surface area contributed by atoms with Crippen LogP contribution in [0.4, 0.5) is 4.39 Å². The molecule has 0 saturated carbocycles. The maximum absolute atomic E-state index is 13.2. The summed E-state index contributed by atoms with van der Waals surface area (Å²) in [6.45, 7) is 5.12. The number of benzene rings is 1. The number of thiophene rings is 1. The molecule has 0 radical (unpaired) electrons. The number of halogens is 1. The summed E-state index contributed by atoms with van der Waals surface area (Å²) in [4.78, 5) is 2.76. The van der Waals surface area contributed by atoms with Crippen molar-refractivity contribution < 1.29 is 9.13 Å². The van der Waals surface area contributed by atoms with Crippen molar-refractivity contribution in [3.05, 3.63) is 51.5 Å². The third kappa shape index (κ3) is 3.63. The number of hydrogen-bond acceptors (Lipinski definition) is 3. The van der Waals surface area contributed by atoms with E-state index in [1.54, 1.807) is 12.1 Å². The molecule has 2 unspecified atom stereocenters. The Hall–Kier alpha value is -1.39. The highest BCUT2D eigenvalue weighted by atomic mass is 32.1. The van der Waals surface area contributed by atoms with Gasteiger partial charge in [-0.3, -0.25) is 0 Å². The number of fused-ring (bicyclic) bond motifs is 1. The Morgan fingerprint density at radius 2 is 2.24 bits per heavy atom. The monoisotopic (exact) mass is 305 g/mol. The molecule has 2 atom stereocenters. The fourth-order valence-corrected chi connectivity index (χ4v) is 3.72. The summed E-state index contributed by atoms with van der Waals surface area (Å²) in [5, 5.41) is 3.52. The van der Waals surface area contributed by atoms with Crippen LogP contribution in [0.5, 0.6) is 5.75 Å². The van der Waals surface area contributed by atoms with Gasteiger partial charge in [0.1, 0.15) is 17.7 Å². The molecular formula is C17H20FNOS. The molecule has 0 aliphatic carbocycles. The standard InChI is InChI=1S/C17H20FNOS/c1-11(7-16-5-3-12(2)21-16)19-10-15-9-13-8-14(18)4-6-17(13)20-15/h3-6,8,11,15,19H,7,9-10H2,1-2H3. The summed E-state index contributed by atoms with van der Waals surface area (Å²) in [5.74, 6) is 0.636. The van der Waals surface area contributed by atoms with Gasteiger partial charge < -0.3 is 10.1 Å². The van der Waals surface area contributed by atoms with Gasteiger partial charge >= 0.3 is 0 Å². The minimum atomic E-state index is -0.188. The van der Waals surface area contributed by atoms with Gasteiger partial charge in [-0.2, -0.15) is 0 Å². The van der Waals surface area contributed by atoms with Gasteiger partial charge in [-0.1, -0.05) is 0 Å². The van der Waals surface area contributed by atoms with Crippen LogP contribution in [0, 0.1) is 12.7 Å². The maximum Gasteiger partial charge on any atom is 0.123 e. The molecule has 0 saturated heterocycles. The molecule has 2 heterocycles. The van der Waals surface area contributed by atoms with Crippen molar-refractivity contribution >= 4 is 11.3 Å². The summed E-state index contributed by atoms with van der Waals surface area (Å²) in [7, 11) is 0. The number of nitrogens with one attached hydrogen (secondary N) is 1. The molecule has 0 amide bonds. The van der Waals surface area contributed by atoms with E-state index in [1.165, 1.54) is 15.8 Å². The predicted octanol–water partition coefficient (Wildman–Crippen LogP) is 3.72. The van der Waals surface area contributed by atoms with Crippen molar-refractivity contribution in [1.29, 1.82) is 0 Å². The van der Waals surface area contributed by atoms with E-state index in [0.29, 0.717) is 6.04 Å². The first kappa shape index (κ1) is 14.5. The molecule has 0 fully saturated rings. The van der Waals surface area contributed by atoms with Crippen LogP contribution < -0.4 is 10.1 Å². The Balaban J connectivity index is 1.48. The Morgan fingerprint density at radius 3 is 3.00 bits per heavy atom. The molecule has 1 aromatic carbocycles. The summed E-state index contributed by atoms with van der Waals surface area (Å²) in [6, 6.07) is 9.53. The van der Waals surface area contributed by atoms with Gasteiger partial charge in [-0.15, -0.1) is 11.3 Å². The fraction of sp³-hybridized carbons (Fsp3) is 0.412. The number of aryl methyl sites for hydroxylation is 1. The lowest BCUT2D eigenvalue weighted by Gasteiger charge is -2.16. The molecule has 21 heavy (non-hydrogen) atoms. The van der Waals surface area contributed by atoms with Crippen LogP contribution in [0.1, 0.15) is 22.2 Å². The van der Waals surface area contributed by atoms with Crippen LogP contribution in [0.25, 0.3) is 0 Å². The lowest BCUT2D eigenvalue weighted by molar-refractivity contribution is 0.222. The van der Waals surface area contributed by atoms with Crippen LogP contribution in [-0.4, -0.2) is 18.7 Å². The minimum absolute atomic E-state index is 0.106.